The number of aliphatic hydroxyl groups is 3. The van der Waals surface area contributed by atoms with Crippen LogP contribution < -0.4 is 0 Å². The van der Waals surface area contributed by atoms with Crippen molar-refractivity contribution in [2.45, 2.75) is 192 Å². The zero-order valence-corrected chi connectivity index (χ0v) is 29.0. The second-order valence-corrected chi connectivity index (χ2v) is 13.6. The van der Waals surface area contributed by atoms with Crippen molar-refractivity contribution < 1.29 is 39.1 Å². The molecule has 0 aromatic heterocycles. The van der Waals surface area contributed by atoms with Crippen molar-refractivity contribution >= 4 is 5.97 Å². The van der Waals surface area contributed by atoms with Crippen LogP contribution in [0.15, 0.2) is 11.6 Å². The molecule has 2 aliphatic rings. The molecule has 0 spiro atoms. The van der Waals surface area contributed by atoms with E-state index in [4.69, 9.17) is 18.9 Å². The van der Waals surface area contributed by atoms with Crippen LogP contribution in [0, 0.1) is 5.92 Å². The Hall–Kier alpha value is -1.03. The molecule has 0 aromatic carbocycles. The van der Waals surface area contributed by atoms with E-state index in [0.717, 1.165) is 44.9 Å². The highest BCUT2D eigenvalue weighted by molar-refractivity contribution is 5.91. The van der Waals surface area contributed by atoms with Crippen LogP contribution in [0.25, 0.3) is 0 Å². The van der Waals surface area contributed by atoms with Crippen LogP contribution in [0.4, 0.5) is 0 Å². The number of unbranched alkanes of at least 4 members (excludes halogenated alkanes) is 17. The molecule has 2 heterocycles. The standard InChI is InChI=1S/C37H68O8/c1-4-5-6-7-8-12-15-18-21-24-42-28-31-27-34(39)35(40)37(45-31)43-25-22-19-16-13-10-9-11-14-17-20-23-33(38)30(3)32-26-29(2)44-36(32)41/h26,29-31,33-35,37-40H,4-25,27-28H2,1-3H3/t29-,30+,31-,33+,34-,35-,37-/m0/s1. The lowest BCUT2D eigenvalue weighted by Gasteiger charge is -2.36. The minimum absolute atomic E-state index is 0.171. The SMILES string of the molecule is CCCCCCCCCCCOC[C@@H]1C[C@H](O)[C@H](O)[C@@H](OCCCCCCCCCCCC[C@@H](O)[C@H](C)C2=C[C@H](C)OC2=O)O1. The second-order valence-electron chi connectivity index (χ2n) is 13.6. The second kappa shape index (κ2) is 25.0. The van der Waals surface area contributed by atoms with E-state index in [2.05, 4.69) is 6.92 Å². The van der Waals surface area contributed by atoms with Gasteiger partial charge in [0.25, 0.3) is 0 Å². The lowest BCUT2D eigenvalue weighted by Crippen LogP contribution is -2.50. The Bertz CT molecular complexity index is 774. The zero-order valence-electron chi connectivity index (χ0n) is 29.0. The highest BCUT2D eigenvalue weighted by Crippen LogP contribution is 2.26. The molecule has 45 heavy (non-hydrogen) atoms. The van der Waals surface area contributed by atoms with E-state index in [1.807, 2.05) is 19.9 Å². The maximum Gasteiger partial charge on any atom is 0.334 e. The first-order chi connectivity index (χ1) is 21.8. The average Bonchev–Trinajstić information content (AvgIpc) is 3.37. The third kappa shape index (κ3) is 17.6. The number of rotatable bonds is 28. The van der Waals surface area contributed by atoms with Gasteiger partial charge in [-0.1, -0.05) is 123 Å². The highest BCUT2D eigenvalue weighted by Gasteiger charge is 2.37. The van der Waals surface area contributed by atoms with Crippen LogP contribution in [0.1, 0.15) is 156 Å². The Morgan fingerprint density at radius 2 is 1.36 bits per heavy atom. The van der Waals surface area contributed by atoms with Gasteiger partial charge in [-0.15, -0.1) is 0 Å². The fraction of sp³-hybridized carbons (Fsp3) is 0.919. The van der Waals surface area contributed by atoms with Crippen molar-refractivity contribution in [3.05, 3.63) is 11.6 Å². The maximum atomic E-state index is 11.9. The summed E-state index contributed by atoms with van der Waals surface area (Å²) in [5.74, 6) is -0.456. The molecule has 0 bridgehead atoms. The molecule has 0 unspecified atom stereocenters. The monoisotopic (exact) mass is 640 g/mol. The van der Waals surface area contributed by atoms with E-state index in [-0.39, 0.29) is 24.1 Å². The van der Waals surface area contributed by atoms with E-state index in [0.29, 0.717) is 31.8 Å². The fourth-order valence-electron chi connectivity index (χ4n) is 6.35. The molecule has 264 valence electrons. The average molecular weight is 641 g/mol. The Morgan fingerprint density at radius 3 is 1.91 bits per heavy atom. The highest BCUT2D eigenvalue weighted by atomic mass is 16.7. The van der Waals surface area contributed by atoms with Crippen molar-refractivity contribution in [3.63, 3.8) is 0 Å². The molecule has 0 radical (unpaired) electrons. The van der Waals surface area contributed by atoms with Gasteiger partial charge in [0.1, 0.15) is 12.2 Å². The molecule has 2 aliphatic heterocycles. The van der Waals surface area contributed by atoms with E-state index in [1.165, 1.54) is 83.5 Å². The maximum absolute atomic E-state index is 11.9. The minimum Gasteiger partial charge on any atom is -0.455 e. The number of esters is 1. The molecular formula is C37H68O8. The Kier molecular flexibility index (Phi) is 22.3. The van der Waals surface area contributed by atoms with Crippen LogP contribution in [-0.4, -0.2) is 77.9 Å². The Labute approximate surface area is 274 Å². The van der Waals surface area contributed by atoms with Gasteiger partial charge in [0.2, 0.25) is 0 Å². The first-order valence-corrected chi connectivity index (χ1v) is 18.6. The van der Waals surface area contributed by atoms with Crippen LogP contribution >= 0.6 is 0 Å². The Morgan fingerprint density at radius 1 is 0.822 bits per heavy atom. The number of ether oxygens (including phenoxy) is 4. The van der Waals surface area contributed by atoms with E-state index in [1.54, 1.807) is 0 Å². The number of carbonyl (C=O) groups is 1. The van der Waals surface area contributed by atoms with Gasteiger partial charge >= 0.3 is 5.97 Å². The fourth-order valence-corrected chi connectivity index (χ4v) is 6.35. The molecule has 1 fully saturated rings. The molecule has 8 heteroatoms. The smallest absolute Gasteiger partial charge is 0.334 e. The molecule has 3 N–H and O–H groups in total. The first kappa shape index (κ1) is 40.1. The molecule has 0 saturated carbocycles. The van der Waals surface area contributed by atoms with Crippen molar-refractivity contribution in [3.8, 4) is 0 Å². The summed E-state index contributed by atoms with van der Waals surface area (Å²) in [7, 11) is 0. The predicted octanol–water partition coefficient (Wildman–Crippen LogP) is 7.55. The van der Waals surface area contributed by atoms with Gasteiger partial charge in [-0.25, -0.2) is 4.79 Å². The van der Waals surface area contributed by atoms with Gasteiger partial charge in [0.05, 0.1) is 24.9 Å². The van der Waals surface area contributed by atoms with Gasteiger partial charge in [-0.3, -0.25) is 0 Å². The molecule has 0 aromatic rings. The molecular weight excluding hydrogens is 572 g/mol. The number of hydrogen-bond acceptors (Lipinski definition) is 8. The molecule has 7 atom stereocenters. The minimum atomic E-state index is -1.02. The number of cyclic esters (lactones) is 1. The molecule has 0 amide bonds. The van der Waals surface area contributed by atoms with E-state index < -0.39 is 24.6 Å². The molecule has 0 aliphatic carbocycles. The summed E-state index contributed by atoms with van der Waals surface area (Å²) in [6.07, 6.45) is 22.2. The molecule has 2 rings (SSSR count). The van der Waals surface area contributed by atoms with Crippen molar-refractivity contribution in [2.24, 2.45) is 5.92 Å². The largest absolute Gasteiger partial charge is 0.455 e. The van der Waals surface area contributed by atoms with Crippen LogP contribution in [0.2, 0.25) is 0 Å². The summed E-state index contributed by atoms with van der Waals surface area (Å²) >= 11 is 0. The third-order valence-corrected chi connectivity index (χ3v) is 9.39. The summed E-state index contributed by atoms with van der Waals surface area (Å²) in [5, 5.41) is 31.1. The number of hydrogen-bond donors (Lipinski definition) is 3. The van der Waals surface area contributed by atoms with E-state index >= 15 is 0 Å². The predicted molar refractivity (Wildman–Crippen MR) is 179 cm³/mol. The normalized spacial score (nSPS) is 24.9. The lowest BCUT2D eigenvalue weighted by molar-refractivity contribution is -0.273. The first-order valence-electron chi connectivity index (χ1n) is 18.6. The number of carbonyl (C=O) groups excluding carboxylic acids is 1. The van der Waals surface area contributed by atoms with Gasteiger partial charge in [-0.2, -0.15) is 0 Å². The lowest BCUT2D eigenvalue weighted by atomic mass is 9.91. The quantitative estimate of drug-likeness (QED) is 0.0593. The van der Waals surface area contributed by atoms with E-state index in [9.17, 15) is 20.1 Å². The summed E-state index contributed by atoms with van der Waals surface area (Å²) in [5.41, 5.74) is 0.619. The van der Waals surface area contributed by atoms with Crippen LogP contribution in [-0.2, 0) is 23.7 Å². The van der Waals surface area contributed by atoms with Crippen molar-refractivity contribution in [1.29, 1.82) is 0 Å². The summed E-state index contributed by atoms with van der Waals surface area (Å²) in [4.78, 5) is 11.9. The van der Waals surface area contributed by atoms with Gasteiger partial charge in [0, 0.05) is 31.1 Å². The van der Waals surface area contributed by atoms with Crippen LogP contribution in [0.5, 0.6) is 0 Å². The van der Waals surface area contributed by atoms with Gasteiger partial charge < -0.3 is 34.3 Å². The Balaban J connectivity index is 1.39. The van der Waals surface area contributed by atoms with Gasteiger partial charge in [0.15, 0.2) is 6.29 Å². The number of aliphatic hydroxyl groups excluding tert-OH is 3. The van der Waals surface area contributed by atoms with Crippen molar-refractivity contribution in [1.82, 2.24) is 0 Å². The molecule has 1 saturated heterocycles. The molecule has 8 nitrogen and oxygen atoms in total. The zero-order chi connectivity index (χ0) is 32.7. The summed E-state index contributed by atoms with van der Waals surface area (Å²) in [6, 6.07) is 0. The topological polar surface area (TPSA) is 115 Å². The summed E-state index contributed by atoms with van der Waals surface area (Å²) < 4.78 is 22.7. The third-order valence-electron chi connectivity index (χ3n) is 9.39. The summed E-state index contributed by atoms with van der Waals surface area (Å²) in [6.45, 7) is 7.66. The van der Waals surface area contributed by atoms with Crippen molar-refractivity contribution in [2.75, 3.05) is 19.8 Å². The van der Waals surface area contributed by atoms with Gasteiger partial charge in [-0.05, 0) is 32.3 Å². The van der Waals surface area contributed by atoms with Crippen LogP contribution in [0.3, 0.4) is 0 Å².